The van der Waals surface area contributed by atoms with Gasteiger partial charge in [-0.2, -0.15) is 11.3 Å². The number of halogens is 2. The molecule has 1 aliphatic rings. The second kappa shape index (κ2) is 11.4. The van der Waals surface area contributed by atoms with Crippen LogP contribution in [-0.2, 0) is 16.7 Å². The lowest BCUT2D eigenvalue weighted by Crippen LogP contribution is -2.48. The van der Waals surface area contributed by atoms with Crippen LogP contribution in [0.4, 0.5) is 0 Å². The molecule has 1 fully saturated rings. The standard InChI is InChI=1S/C20H26BrN3OS.HI/c1-2-22-19(23-13-16-7-12-26-14-16)24-15-20(8-10-25-11-9-20)17-3-5-18(21)6-4-17;/h3-7,12,14H,2,8-11,13,15H2,1H3,(H2,22,23,24);1H. The minimum absolute atomic E-state index is 0. The fourth-order valence-electron chi connectivity index (χ4n) is 3.28. The molecule has 1 aromatic carbocycles. The molecule has 0 radical (unpaired) electrons. The minimum atomic E-state index is 0. The molecule has 0 aliphatic carbocycles. The van der Waals surface area contributed by atoms with E-state index in [2.05, 4.69) is 74.6 Å². The maximum atomic E-state index is 5.64. The van der Waals surface area contributed by atoms with E-state index < -0.39 is 0 Å². The largest absolute Gasteiger partial charge is 0.381 e. The van der Waals surface area contributed by atoms with E-state index in [1.807, 2.05) is 0 Å². The van der Waals surface area contributed by atoms with Crippen molar-refractivity contribution in [1.29, 1.82) is 0 Å². The summed E-state index contributed by atoms with van der Waals surface area (Å²) >= 11 is 5.25. The monoisotopic (exact) mass is 563 g/mol. The second-order valence-electron chi connectivity index (χ2n) is 6.58. The Morgan fingerprint density at radius 2 is 1.93 bits per heavy atom. The van der Waals surface area contributed by atoms with Gasteiger partial charge in [-0.3, -0.25) is 0 Å². The van der Waals surface area contributed by atoms with Crippen LogP contribution in [0.5, 0.6) is 0 Å². The van der Waals surface area contributed by atoms with Crippen molar-refractivity contribution in [2.45, 2.75) is 31.7 Å². The number of benzene rings is 1. The highest BCUT2D eigenvalue weighted by Crippen LogP contribution is 2.34. The fraction of sp³-hybridized carbons (Fsp3) is 0.450. The minimum Gasteiger partial charge on any atom is -0.381 e. The first kappa shape index (κ1) is 22.6. The molecule has 0 bridgehead atoms. The van der Waals surface area contributed by atoms with Crippen LogP contribution < -0.4 is 10.6 Å². The van der Waals surface area contributed by atoms with Crippen molar-refractivity contribution in [3.8, 4) is 0 Å². The summed E-state index contributed by atoms with van der Waals surface area (Å²) in [4.78, 5) is 4.74. The molecule has 2 N–H and O–H groups in total. The number of thiophene rings is 1. The maximum Gasteiger partial charge on any atom is 0.191 e. The van der Waals surface area contributed by atoms with Gasteiger partial charge < -0.3 is 15.4 Å². The number of ether oxygens (including phenoxy) is 1. The Hall–Kier alpha value is -0.640. The van der Waals surface area contributed by atoms with E-state index in [9.17, 15) is 0 Å². The van der Waals surface area contributed by atoms with Gasteiger partial charge in [0.25, 0.3) is 0 Å². The molecule has 0 amide bonds. The quantitative estimate of drug-likeness (QED) is 0.297. The summed E-state index contributed by atoms with van der Waals surface area (Å²) in [7, 11) is 0. The van der Waals surface area contributed by atoms with Crippen molar-refractivity contribution >= 4 is 57.2 Å². The zero-order valence-electron chi connectivity index (χ0n) is 15.5. The maximum absolute atomic E-state index is 5.64. The molecule has 0 saturated carbocycles. The van der Waals surface area contributed by atoms with E-state index in [0.29, 0.717) is 6.54 Å². The third-order valence-electron chi connectivity index (χ3n) is 4.84. The van der Waals surface area contributed by atoms with Crippen molar-refractivity contribution in [2.24, 2.45) is 4.99 Å². The summed E-state index contributed by atoms with van der Waals surface area (Å²) in [6.07, 6.45) is 2.04. The van der Waals surface area contributed by atoms with E-state index in [1.54, 1.807) is 11.3 Å². The molecule has 27 heavy (non-hydrogen) atoms. The van der Waals surface area contributed by atoms with E-state index in [4.69, 9.17) is 9.73 Å². The highest BCUT2D eigenvalue weighted by molar-refractivity contribution is 14.0. The number of nitrogens with one attached hydrogen (secondary N) is 2. The van der Waals surface area contributed by atoms with Gasteiger partial charge in [0.1, 0.15) is 0 Å². The van der Waals surface area contributed by atoms with Crippen LogP contribution in [0.3, 0.4) is 0 Å². The Kier molecular flexibility index (Phi) is 9.55. The van der Waals surface area contributed by atoms with Crippen LogP contribution in [0.1, 0.15) is 30.9 Å². The first-order valence-electron chi connectivity index (χ1n) is 9.09. The Labute approximate surface area is 191 Å². The van der Waals surface area contributed by atoms with Crippen LogP contribution in [0, 0.1) is 0 Å². The zero-order chi connectivity index (χ0) is 18.2. The molecular weight excluding hydrogens is 537 g/mol. The van der Waals surface area contributed by atoms with E-state index >= 15 is 0 Å². The summed E-state index contributed by atoms with van der Waals surface area (Å²) in [5.74, 6) is 0.877. The molecule has 7 heteroatoms. The van der Waals surface area contributed by atoms with Crippen LogP contribution >= 0.6 is 51.2 Å². The van der Waals surface area contributed by atoms with Crippen molar-refractivity contribution < 1.29 is 4.74 Å². The number of nitrogens with zero attached hydrogens (tertiary/aromatic N) is 1. The van der Waals surface area contributed by atoms with Crippen LogP contribution in [0.2, 0.25) is 0 Å². The molecule has 2 aromatic rings. The number of hydrogen-bond donors (Lipinski definition) is 2. The Morgan fingerprint density at radius 1 is 1.19 bits per heavy atom. The van der Waals surface area contributed by atoms with Gasteiger partial charge in [0.15, 0.2) is 5.96 Å². The van der Waals surface area contributed by atoms with Crippen LogP contribution in [-0.4, -0.2) is 32.3 Å². The smallest absolute Gasteiger partial charge is 0.191 e. The Balaban J connectivity index is 0.00000261. The molecule has 0 atom stereocenters. The van der Waals surface area contributed by atoms with E-state index in [-0.39, 0.29) is 29.4 Å². The molecular formula is C20H27BrIN3OS. The average molecular weight is 564 g/mol. The van der Waals surface area contributed by atoms with Crippen molar-refractivity contribution in [3.63, 3.8) is 0 Å². The van der Waals surface area contributed by atoms with Gasteiger partial charge in [0, 0.05) is 36.2 Å². The Bertz CT molecular complexity index is 701. The van der Waals surface area contributed by atoms with Crippen LogP contribution in [0.25, 0.3) is 0 Å². The normalized spacial score (nSPS) is 16.4. The molecule has 4 nitrogen and oxygen atoms in total. The lowest BCUT2D eigenvalue weighted by atomic mass is 9.74. The lowest BCUT2D eigenvalue weighted by Gasteiger charge is -2.38. The van der Waals surface area contributed by atoms with Gasteiger partial charge in [-0.15, -0.1) is 24.0 Å². The van der Waals surface area contributed by atoms with Crippen molar-refractivity contribution in [1.82, 2.24) is 10.6 Å². The molecule has 3 rings (SSSR count). The zero-order valence-corrected chi connectivity index (χ0v) is 20.3. The summed E-state index contributed by atoms with van der Waals surface area (Å²) in [5.41, 5.74) is 2.70. The predicted molar refractivity (Wildman–Crippen MR) is 128 cm³/mol. The van der Waals surface area contributed by atoms with Gasteiger partial charge in [-0.05, 0) is 59.9 Å². The number of hydrogen-bond acceptors (Lipinski definition) is 3. The van der Waals surface area contributed by atoms with E-state index in [1.165, 1.54) is 11.1 Å². The van der Waals surface area contributed by atoms with E-state index in [0.717, 1.165) is 49.6 Å². The third-order valence-corrected chi connectivity index (χ3v) is 6.11. The highest BCUT2D eigenvalue weighted by Gasteiger charge is 2.34. The predicted octanol–water partition coefficient (Wildman–Crippen LogP) is 4.93. The van der Waals surface area contributed by atoms with Gasteiger partial charge >= 0.3 is 0 Å². The topological polar surface area (TPSA) is 45.7 Å². The summed E-state index contributed by atoms with van der Waals surface area (Å²) < 4.78 is 6.75. The molecule has 1 aliphatic heterocycles. The molecule has 0 unspecified atom stereocenters. The SMILES string of the molecule is CCNC(=NCc1ccsc1)NCC1(c2ccc(Br)cc2)CCOCC1.I. The first-order valence-corrected chi connectivity index (χ1v) is 10.8. The van der Waals surface area contributed by atoms with Gasteiger partial charge in [0.05, 0.1) is 6.54 Å². The molecule has 1 saturated heterocycles. The fourth-order valence-corrected chi connectivity index (χ4v) is 4.20. The molecule has 1 aromatic heterocycles. The third kappa shape index (κ3) is 6.44. The molecule has 0 spiro atoms. The number of aliphatic imine (C=N–C) groups is 1. The summed E-state index contributed by atoms with van der Waals surface area (Å²) in [5, 5.41) is 11.2. The highest BCUT2D eigenvalue weighted by atomic mass is 127. The lowest BCUT2D eigenvalue weighted by molar-refractivity contribution is 0.0514. The second-order valence-corrected chi connectivity index (χ2v) is 8.28. The average Bonchev–Trinajstić information content (AvgIpc) is 3.19. The van der Waals surface area contributed by atoms with Gasteiger partial charge in [-0.25, -0.2) is 4.99 Å². The summed E-state index contributed by atoms with van der Waals surface area (Å²) in [6, 6.07) is 10.8. The molecule has 2 heterocycles. The van der Waals surface area contributed by atoms with Crippen molar-refractivity contribution in [2.75, 3.05) is 26.3 Å². The molecule has 148 valence electrons. The number of rotatable bonds is 6. The summed E-state index contributed by atoms with van der Waals surface area (Å²) in [6.45, 7) is 6.12. The first-order chi connectivity index (χ1) is 12.7. The van der Waals surface area contributed by atoms with Gasteiger partial charge in [-0.1, -0.05) is 28.1 Å². The van der Waals surface area contributed by atoms with Gasteiger partial charge in [0.2, 0.25) is 0 Å². The number of guanidine groups is 1. The van der Waals surface area contributed by atoms with Crippen LogP contribution in [0.15, 0.2) is 50.6 Å². The Morgan fingerprint density at radius 3 is 2.56 bits per heavy atom. The van der Waals surface area contributed by atoms with Crippen molar-refractivity contribution in [3.05, 3.63) is 56.7 Å².